The van der Waals surface area contributed by atoms with Gasteiger partial charge >= 0.3 is 0 Å². The van der Waals surface area contributed by atoms with Crippen LogP contribution in [-0.2, 0) is 14.8 Å². The van der Waals surface area contributed by atoms with Crippen molar-refractivity contribution in [2.24, 2.45) is 0 Å². The van der Waals surface area contributed by atoms with E-state index in [-0.39, 0.29) is 23.5 Å². The SMILES string of the molecule is Cc1cc(C)cc(NC(=O)COc2ccc(S(=O)(=O)NC(C)c3ccccc3)cc2)c1. The van der Waals surface area contributed by atoms with E-state index >= 15 is 0 Å². The van der Waals surface area contributed by atoms with Crippen molar-refractivity contribution in [3.8, 4) is 5.75 Å². The average Bonchev–Trinajstić information content (AvgIpc) is 2.72. The number of hydrogen-bond acceptors (Lipinski definition) is 4. The maximum atomic E-state index is 12.6. The third-order valence-corrected chi connectivity index (χ3v) is 6.20. The van der Waals surface area contributed by atoms with Crippen LogP contribution < -0.4 is 14.8 Å². The smallest absolute Gasteiger partial charge is 0.262 e. The fraction of sp³-hybridized carbons (Fsp3) is 0.208. The summed E-state index contributed by atoms with van der Waals surface area (Å²) in [5.74, 6) is 0.116. The third-order valence-electron chi connectivity index (χ3n) is 4.64. The van der Waals surface area contributed by atoms with Gasteiger partial charge in [-0.2, -0.15) is 0 Å². The lowest BCUT2D eigenvalue weighted by molar-refractivity contribution is -0.118. The molecule has 6 nitrogen and oxygen atoms in total. The Morgan fingerprint density at radius 3 is 2.16 bits per heavy atom. The van der Waals surface area contributed by atoms with Crippen LogP contribution in [0.1, 0.15) is 29.7 Å². The molecule has 0 aliphatic carbocycles. The highest BCUT2D eigenvalue weighted by molar-refractivity contribution is 7.89. The Bertz CT molecular complexity index is 1120. The Morgan fingerprint density at radius 1 is 0.935 bits per heavy atom. The van der Waals surface area contributed by atoms with Crippen LogP contribution in [0.4, 0.5) is 5.69 Å². The minimum absolute atomic E-state index is 0.127. The maximum absolute atomic E-state index is 12.6. The van der Waals surface area contributed by atoms with Crippen molar-refractivity contribution in [1.29, 1.82) is 0 Å². The molecule has 2 N–H and O–H groups in total. The molecule has 3 aromatic carbocycles. The number of benzene rings is 3. The lowest BCUT2D eigenvalue weighted by Gasteiger charge is -2.15. The number of anilines is 1. The van der Waals surface area contributed by atoms with Gasteiger partial charge in [0.05, 0.1) is 4.90 Å². The van der Waals surface area contributed by atoms with Crippen molar-refractivity contribution in [3.63, 3.8) is 0 Å². The first kappa shape index (κ1) is 22.5. The zero-order valence-electron chi connectivity index (χ0n) is 17.8. The monoisotopic (exact) mass is 438 g/mol. The van der Waals surface area contributed by atoms with E-state index in [9.17, 15) is 13.2 Å². The second kappa shape index (κ2) is 9.76. The van der Waals surface area contributed by atoms with Crippen LogP contribution in [0.15, 0.2) is 77.7 Å². The number of hydrogen-bond donors (Lipinski definition) is 2. The predicted molar refractivity (Wildman–Crippen MR) is 122 cm³/mol. The Balaban J connectivity index is 1.57. The van der Waals surface area contributed by atoms with E-state index in [4.69, 9.17) is 4.74 Å². The molecule has 0 saturated carbocycles. The summed E-state index contributed by atoms with van der Waals surface area (Å²) in [6.45, 7) is 5.54. The molecule has 1 amide bonds. The summed E-state index contributed by atoms with van der Waals surface area (Å²) < 4.78 is 33.4. The van der Waals surface area contributed by atoms with Crippen LogP contribution in [0, 0.1) is 13.8 Å². The molecular weight excluding hydrogens is 412 g/mol. The first-order valence-electron chi connectivity index (χ1n) is 9.91. The van der Waals surface area contributed by atoms with Gasteiger partial charge in [-0.1, -0.05) is 36.4 Å². The summed E-state index contributed by atoms with van der Waals surface area (Å²) in [5, 5.41) is 2.80. The molecular formula is C24H26N2O4S. The Kier molecular flexibility index (Phi) is 7.09. The molecule has 31 heavy (non-hydrogen) atoms. The first-order chi connectivity index (χ1) is 14.7. The number of amides is 1. The Morgan fingerprint density at radius 2 is 1.55 bits per heavy atom. The highest BCUT2D eigenvalue weighted by Crippen LogP contribution is 2.20. The first-order valence-corrected chi connectivity index (χ1v) is 11.4. The molecule has 1 atom stereocenters. The standard InChI is InChI=1S/C24H26N2O4S/c1-17-13-18(2)15-21(14-17)25-24(27)16-30-22-9-11-23(12-10-22)31(28,29)26-19(3)20-7-5-4-6-8-20/h4-15,19,26H,16H2,1-3H3,(H,25,27). The molecule has 0 heterocycles. The summed E-state index contributed by atoms with van der Waals surface area (Å²) in [6.07, 6.45) is 0. The summed E-state index contributed by atoms with van der Waals surface area (Å²) in [6, 6.07) is 20.7. The minimum Gasteiger partial charge on any atom is -0.484 e. The lowest BCUT2D eigenvalue weighted by atomic mass is 10.1. The molecule has 0 saturated heterocycles. The summed E-state index contributed by atoms with van der Waals surface area (Å²) >= 11 is 0. The Hall–Kier alpha value is -3.16. The van der Waals surface area contributed by atoms with Gasteiger partial charge in [0.25, 0.3) is 5.91 Å². The average molecular weight is 439 g/mol. The predicted octanol–water partition coefficient (Wildman–Crippen LogP) is 4.36. The second-order valence-electron chi connectivity index (χ2n) is 7.44. The normalized spacial score (nSPS) is 12.2. The lowest BCUT2D eigenvalue weighted by Crippen LogP contribution is -2.26. The topological polar surface area (TPSA) is 84.5 Å². The quantitative estimate of drug-likeness (QED) is 0.547. The molecule has 0 aromatic heterocycles. The molecule has 7 heteroatoms. The van der Waals surface area contributed by atoms with E-state index in [1.165, 1.54) is 24.3 Å². The van der Waals surface area contributed by atoms with Gasteiger partial charge < -0.3 is 10.1 Å². The van der Waals surface area contributed by atoms with Gasteiger partial charge in [-0.3, -0.25) is 4.79 Å². The van der Waals surface area contributed by atoms with E-state index in [0.29, 0.717) is 11.4 Å². The van der Waals surface area contributed by atoms with E-state index in [2.05, 4.69) is 10.0 Å². The molecule has 0 spiro atoms. The minimum atomic E-state index is -3.69. The molecule has 0 aliphatic rings. The summed E-state index contributed by atoms with van der Waals surface area (Å²) in [7, 11) is -3.69. The van der Waals surface area contributed by atoms with Crippen LogP contribution in [0.2, 0.25) is 0 Å². The molecule has 0 radical (unpaired) electrons. The Labute approximate surface area is 183 Å². The number of ether oxygens (including phenoxy) is 1. The summed E-state index contributed by atoms with van der Waals surface area (Å²) in [4.78, 5) is 12.3. The van der Waals surface area contributed by atoms with Crippen LogP contribution in [0.5, 0.6) is 5.75 Å². The van der Waals surface area contributed by atoms with Gasteiger partial charge in [-0.25, -0.2) is 13.1 Å². The van der Waals surface area contributed by atoms with Gasteiger partial charge in [0.2, 0.25) is 10.0 Å². The zero-order chi connectivity index (χ0) is 22.4. The van der Waals surface area contributed by atoms with Crippen molar-refractivity contribution >= 4 is 21.6 Å². The van der Waals surface area contributed by atoms with Gasteiger partial charge in [0, 0.05) is 11.7 Å². The molecule has 0 fully saturated rings. The van der Waals surface area contributed by atoms with E-state index in [0.717, 1.165) is 16.7 Å². The molecule has 3 aromatic rings. The van der Waals surface area contributed by atoms with Crippen LogP contribution in [0.25, 0.3) is 0 Å². The van der Waals surface area contributed by atoms with E-state index < -0.39 is 10.0 Å². The third kappa shape index (κ3) is 6.41. The van der Waals surface area contributed by atoms with Gasteiger partial charge in [-0.15, -0.1) is 0 Å². The largest absolute Gasteiger partial charge is 0.484 e. The molecule has 0 aliphatic heterocycles. The molecule has 162 valence electrons. The molecule has 0 bridgehead atoms. The van der Waals surface area contributed by atoms with Crippen molar-refractivity contribution in [3.05, 3.63) is 89.5 Å². The number of rotatable bonds is 8. The van der Waals surface area contributed by atoms with E-state index in [1.54, 1.807) is 6.92 Å². The van der Waals surface area contributed by atoms with Crippen molar-refractivity contribution in [2.45, 2.75) is 31.7 Å². The van der Waals surface area contributed by atoms with Gasteiger partial charge in [0.15, 0.2) is 6.61 Å². The summed E-state index contributed by atoms with van der Waals surface area (Å²) in [5.41, 5.74) is 3.71. The highest BCUT2D eigenvalue weighted by atomic mass is 32.2. The highest BCUT2D eigenvalue weighted by Gasteiger charge is 2.18. The van der Waals surface area contributed by atoms with Crippen LogP contribution >= 0.6 is 0 Å². The maximum Gasteiger partial charge on any atom is 0.262 e. The number of carbonyl (C=O) groups is 1. The number of carbonyl (C=O) groups excluding carboxylic acids is 1. The number of sulfonamides is 1. The molecule has 3 rings (SSSR count). The number of nitrogens with one attached hydrogen (secondary N) is 2. The van der Waals surface area contributed by atoms with Crippen LogP contribution in [0.3, 0.4) is 0 Å². The second-order valence-corrected chi connectivity index (χ2v) is 9.15. The fourth-order valence-corrected chi connectivity index (χ4v) is 4.45. The fourth-order valence-electron chi connectivity index (χ4n) is 3.22. The van der Waals surface area contributed by atoms with Crippen molar-refractivity contribution in [2.75, 3.05) is 11.9 Å². The molecule has 1 unspecified atom stereocenters. The van der Waals surface area contributed by atoms with Gasteiger partial charge in [-0.05, 0) is 73.9 Å². The van der Waals surface area contributed by atoms with Crippen LogP contribution in [-0.4, -0.2) is 20.9 Å². The van der Waals surface area contributed by atoms with Crippen molar-refractivity contribution < 1.29 is 17.9 Å². The number of aryl methyl sites for hydroxylation is 2. The van der Waals surface area contributed by atoms with Gasteiger partial charge in [0.1, 0.15) is 5.75 Å². The van der Waals surface area contributed by atoms with Crippen molar-refractivity contribution in [1.82, 2.24) is 4.72 Å². The zero-order valence-corrected chi connectivity index (χ0v) is 18.6. The van der Waals surface area contributed by atoms with E-state index in [1.807, 2.05) is 62.4 Å².